The van der Waals surface area contributed by atoms with Gasteiger partial charge in [0.15, 0.2) is 10.2 Å². The maximum atomic E-state index is 11.3. The summed E-state index contributed by atoms with van der Waals surface area (Å²) >= 11 is 2.27. The summed E-state index contributed by atoms with van der Waals surface area (Å²) in [5.74, 6) is 0.192. The van der Waals surface area contributed by atoms with Crippen molar-refractivity contribution in [2.45, 2.75) is 39.0 Å². The number of carboxylic acids is 1. The highest BCUT2D eigenvalue weighted by atomic mass is 32.2. The fourth-order valence-corrected chi connectivity index (χ4v) is 2.59. The van der Waals surface area contributed by atoms with Crippen molar-refractivity contribution in [1.29, 1.82) is 0 Å². The predicted molar refractivity (Wildman–Crippen MR) is 71.3 cm³/mol. The van der Waals surface area contributed by atoms with Crippen molar-refractivity contribution >= 4 is 39.7 Å². The van der Waals surface area contributed by atoms with E-state index < -0.39 is 5.97 Å². The second-order valence-corrected chi connectivity index (χ2v) is 5.74. The van der Waals surface area contributed by atoms with Gasteiger partial charge in [0.25, 0.3) is 0 Å². The SMILES string of the molecule is CCCCSC(=O)CCC(=O)SCCC(=O)O. The first-order valence-corrected chi connectivity index (χ1v) is 7.56. The standard InChI is InChI=1S/C11H18O4S2/c1-2-3-7-16-10(14)4-5-11(15)17-8-6-9(12)13/h2-8H2,1H3,(H,12,13). The first-order valence-electron chi connectivity index (χ1n) is 5.59. The number of unbranched alkanes of at least 4 members (excludes halogenated alkanes) is 1. The number of carboxylic acid groups (broad SMARTS) is 1. The molecule has 0 aliphatic rings. The average Bonchev–Trinajstić information content (AvgIpc) is 2.26. The van der Waals surface area contributed by atoms with Crippen LogP contribution in [-0.4, -0.2) is 32.8 Å². The molecule has 0 aromatic rings. The Labute approximate surface area is 110 Å². The second-order valence-electron chi connectivity index (χ2n) is 3.44. The van der Waals surface area contributed by atoms with Gasteiger partial charge < -0.3 is 5.11 Å². The van der Waals surface area contributed by atoms with Crippen molar-refractivity contribution in [1.82, 2.24) is 0 Å². The summed E-state index contributed by atoms with van der Waals surface area (Å²) in [5.41, 5.74) is 0. The monoisotopic (exact) mass is 278 g/mol. The van der Waals surface area contributed by atoms with E-state index in [0.717, 1.165) is 30.4 Å². The fraction of sp³-hybridized carbons (Fsp3) is 0.727. The molecule has 0 atom stereocenters. The van der Waals surface area contributed by atoms with Gasteiger partial charge in [-0.05, 0) is 6.42 Å². The van der Waals surface area contributed by atoms with Crippen molar-refractivity contribution in [2.75, 3.05) is 11.5 Å². The highest BCUT2D eigenvalue weighted by molar-refractivity contribution is 8.14. The van der Waals surface area contributed by atoms with E-state index in [4.69, 9.17) is 5.11 Å². The van der Waals surface area contributed by atoms with Gasteiger partial charge in [0.2, 0.25) is 0 Å². The highest BCUT2D eigenvalue weighted by Gasteiger charge is 2.08. The van der Waals surface area contributed by atoms with Crippen molar-refractivity contribution in [3.8, 4) is 0 Å². The molecule has 0 unspecified atom stereocenters. The lowest BCUT2D eigenvalue weighted by atomic mass is 10.4. The lowest BCUT2D eigenvalue weighted by Crippen LogP contribution is -2.02. The summed E-state index contributed by atoms with van der Waals surface area (Å²) in [7, 11) is 0. The van der Waals surface area contributed by atoms with Crippen molar-refractivity contribution in [3.05, 3.63) is 0 Å². The number of carbonyl (C=O) groups excluding carboxylic acids is 2. The van der Waals surface area contributed by atoms with Crippen LogP contribution in [0.15, 0.2) is 0 Å². The minimum Gasteiger partial charge on any atom is -0.481 e. The van der Waals surface area contributed by atoms with E-state index in [9.17, 15) is 14.4 Å². The predicted octanol–water partition coefficient (Wildman–Crippen LogP) is 2.56. The zero-order valence-corrected chi connectivity index (χ0v) is 11.6. The Morgan fingerprint density at radius 2 is 1.47 bits per heavy atom. The van der Waals surface area contributed by atoms with Gasteiger partial charge in [-0.15, -0.1) is 0 Å². The minimum atomic E-state index is -0.906. The molecule has 0 fully saturated rings. The summed E-state index contributed by atoms with van der Waals surface area (Å²) in [5, 5.41) is 8.33. The molecule has 0 radical (unpaired) electrons. The maximum Gasteiger partial charge on any atom is 0.304 e. The van der Waals surface area contributed by atoms with Gasteiger partial charge in [0, 0.05) is 24.3 Å². The zero-order valence-electron chi connectivity index (χ0n) is 9.94. The summed E-state index contributed by atoms with van der Waals surface area (Å²) in [6.45, 7) is 2.06. The summed E-state index contributed by atoms with van der Waals surface area (Å²) in [6.07, 6.45) is 2.52. The normalized spacial score (nSPS) is 10.2. The summed E-state index contributed by atoms with van der Waals surface area (Å²) < 4.78 is 0. The van der Waals surface area contributed by atoms with E-state index in [1.807, 2.05) is 0 Å². The van der Waals surface area contributed by atoms with E-state index in [0.29, 0.717) is 0 Å². The molecule has 0 amide bonds. The van der Waals surface area contributed by atoms with Crippen molar-refractivity contribution < 1.29 is 19.5 Å². The Hall–Kier alpha value is -0.490. The summed E-state index contributed by atoms with van der Waals surface area (Å²) in [4.78, 5) is 32.8. The number of rotatable bonds is 9. The second kappa shape index (κ2) is 10.7. The third-order valence-electron chi connectivity index (χ3n) is 1.87. The van der Waals surface area contributed by atoms with Crippen LogP contribution in [0.3, 0.4) is 0 Å². The lowest BCUT2D eigenvalue weighted by Gasteiger charge is -2.00. The van der Waals surface area contributed by atoms with E-state index in [-0.39, 0.29) is 35.2 Å². The largest absolute Gasteiger partial charge is 0.481 e. The van der Waals surface area contributed by atoms with Gasteiger partial charge in [-0.2, -0.15) is 0 Å². The molecule has 1 N–H and O–H groups in total. The number of hydrogen-bond donors (Lipinski definition) is 1. The fourth-order valence-electron chi connectivity index (χ4n) is 0.931. The third-order valence-corrected chi connectivity index (χ3v) is 3.83. The Bertz CT molecular complexity index is 266. The van der Waals surface area contributed by atoms with Crippen LogP contribution in [-0.2, 0) is 14.4 Å². The number of carbonyl (C=O) groups is 3. The first-order chi connectivity index (χ1) is 8.06. The lowest BCUT2D eigenvalue weighted by molar-refractivity contribution is -0.136. The highest BCUT2D eigenvalue weighted by Crippen LogP contribution is 2.14. The van der Waals surface area contributed by atoms with Crippen LogP contribution in [0.5, 0.6) is 0 Å². The van der Waals surface area contributed by atoms with Crippen LogP contribution in [0, 0.1) is 0 Å². The van der Waals surface area contributed by atoms with Gasteiger partial charge in [-0.1, -0.05) is 36.9 Å². The molecule has 0 rings (SSSR count). The van der Waals surface area contributed by atoms with Crippen LogP contribution in [0.25, 0.3) is 0 Å². The molecular weight excluding hydrogens is 260 g/mol. The average molecular weight is 278 g/mol. The minimum absolute atomic E-state index is 0.0183. The van der Waals surface area contributed by atoms with Gasteiger partial charge in [0.1, 0.15) is 0 Å². The zero-order chi connectivity index (χ0) is 13.1. The van der Waals surface area contributed by atoms with Crippen LogP contribution >= 0.6 is 23.5 Å². The molecule has 17 heavy (non-hydrogen) atoms. The maximum absolute atomic E-state index is 11.3. The number of hydrogen-bond acceptors (Lipinski definition) is 5. The van der Waals surface area contributed by atoms with Crippen LogP contribution in [0.1, 0.15) is 39.0 Å². The van der Waals surface area contributed by atoms with Gasteiger partial charge in [-0.3, -0.25) is 14.4 Å². The molecule has 0 aliphatic heterocycles. The van der Waals surface area contributed by atoms with E-state index in [1.165, 1.54) is 11.8 Å². The van der Waals surface area contributed by atoms with Crippen molar-refractivity contribution in [2.24, 2.45) is 0 Å². The number of aliphatic carboxylic acids is 1. The van der Waals surface area contributed by atoms with Crippen LogP contribution < -0.4 is 0 Å². The molecule has 0 heterocycles. The van der Waals surface area contributed by atoms with Crippen molar-refractivity contribution in [3.63, 3.8) is 0 Å². The molecule has 0 spiro atoms. The molecule has 0 aromatic carbocycles. The molecular formula is C11H18O4S2. The topological polar surface area (TPSA) is 71.4 Å². The molecule has 0 saturated carbocycles. The van der Waals surface area contributed by atoms with E-state index in [1.54, 1.807) is 0 Å². The Balaban J connectivity index is 3.48. The smallest absolute Gasteiger partial charge is 0.304 e. The molecule has 0 saturated heterocycles. The Kier molecular flexibility index (Phi) is 10.3. The van der Waals surface area contributed by atoms with Crippen LogP contribution in [0.2, 0.25) is 0 Å². The number of thioether (sulfide) groups is 2. The Morgan fingerprint density at radius 1 is 0.941 bits per heavy atom. The molecule has 4 nitrogen and oxygen atoms in total. The van der Waals surface area contributed by atoms with E-state index in [2.05, 4.69) is 6.92 Å². The van der Waals surface area contributed by atoms with Crippen LogP contribution in [0.4, 0.5) is 0 Å². The molecule has 0 aliphatic carbocycles. The molecule has 6 heteroatoms. The van der Waals surface area contributed by atoms with Gasteiger partial charge >= 0.3 is 5.97 Å². The first kappa shape index (κ1) is 16.5. The van der Waals surface area contributed by atoms with Gasteiger partial charge in [-0.25, -0.2) is 0 Å². The van der Waals surface area contributed by atoms with Gasteiger partial charge in [0.05, 0.1) is 6.42 Å². The summed E-state index contributed by atoms with van der Waals surface area (Å²) in [6, 6.07) is 0. The molecule has 0 aromatic heterocycles. The quantitative estimate of drug-likeness (QED) is 0.654. The molecule has 0 bridgehead atoms. The Morgan fingerprint density at radius 3 is 1.94 bits per heavy atom. The van der Waals surface area contributed by atoms with E-state index >= 15 is 0 Å². The third kappa shape index (κ3) is 11.8. The molecule has 98 valence electrons.